The Hall–Kier alpha value is -0.900. The van der Waals surface area contributed by atoms with E-state index in [4.69, 9.17) is 0 Å². The van der Waals surface area contributed by atoms with Crippen molar-refractivity contribution < 1.29 is 4.79 Å². The van der Waals surface area contributed by atoms with Crippen molar-refractivity contribution in [3.63, 3.8) is 0 Å². The van der Waals surface area contributed by atoms with Crippen molar-refractivity contribution in [1.82, 2.24) is 10.3 Å². The van der Waals surface area contributed by atoms with Crippen LogP contribution in [0.5, 0.6) is 0 Å². The lowest BCUT2D eigenvalue weighted by atomic mass is 10.0. The quantitative estimate of drug-likeness (QED) is 0.868. The van der Waals surface area contributed by atoms with Crippen LogP contribution in [-0.2, 0) is 0 Å². The van der Waals surface area contributed by atoms with E-state index in [0.717, 1.165) is 12.5 Å². The van der Waals surface area contributed by atoms with Crippen LogP contribution in [0.25, 0.3) is 0 Å². The van der Waals surface area contributed by atoms with Crippen LogP contribution in [0.4, 0.5) is 0 Å². The lowest BCUT2D eigenvalue weighted by Gasteiger charge is -2.14. The van der Waals surface area contributed by atoms with Crippen LogP contribution in [0.15, 0.2) is 22.9 Å². The summed E-state index contributed by atoms with van der Waals surface area (Å²) in [6.07, 6.45) is 6.94. The van der Waals surface area contributed by atoms with Crippen molar-refractivity contribution in [3.8, 4) is 0 Å². The Labute approximate surface area is 109 Å². The molecule has 0 atom stereocenters. The second-order valence-corrected chi connectivity index (χ2v) is 6.00. The van der Waals surface area contributed by atoms with Gasteiger partial charge >= 0.3 is 0 Å². The topological polar surface area (TPSA) is 42.0 Å². The van der Waals surface area contributed by atoms with Crippen molar-refractivity contribution in [3.05, 3.63) is 28.5 Å². The van der Waals surface area contributed by atoms with Crippen LogP contribution < -0.4 is 5.32 Å². The first-order valence-electron chi connectivity index (χ1n) is 6.09. The highest BCUT2D eigenvalue weighted by Gasteiger charge is 2.53. The summed E-state index contributed by atoms with van der Waals surface area (Å²) in [6.45, 7) is 0.844. The van der Waals surface area contributed by atoms with Crippen molar-refractivity contribution in [2.24, 2.45) is 11.3 Å². The summed E-state index contributed by atoms with van der Waals surface area (Å²) in [5.74, 6) is 0.895. The van der Waals surface area contributed by atoms with E-state index in [0.29, 0.717) is 15.6 Å². The zero-order chi connectivity index (χ0) is 11.9. The fourth-order valence-corrected chi connectivity index (χ4v) is 2.85. The van der Waals surface area contributed by atoms with E-state index in [-0.39, 0.29) is 5.91 Å². The van der Waals surface area contributed by atoms with E-state index in [9.17, 15) is 4.79 Å². The molecule has 1 aromatic heterocycles. The van der Waals surface area contributed by atoms with Gasteiger partial charge in [-0.25, -0.2) is 4.98 Å². The fraction of sp³-hybridized carbons (Fsp3) is 0.538. The molecule has 3 rings (SSSR count). The van der Waals surface area contributed by atoms with Gasteiger partial charge in [-0.05, 0) is 65.1 Å². The van der Waals surface area contributed by atoms with Crippen molar-refractivity contribution in [1.29, 1.82) is 0 Å². The number of nitrogens with zero attached hydrogens (tertiary/aromatic N) is 1. The zero-order valence-corrected chi connectivity index (χ0v) is 11.2. The predicted octanol–water partition coefficient (Wildman–Crippen LogP) is 2.76. The van der Waals surface area contributed by atoms with Crippen LogP contribution in [-0.4, -0.2) is 17.4 Å². The SMILES string of the molecule is O=C(NCC1(C2CC2)CC1)c1ccnc(Br)c1. The minimum absolute atomic E-state index is 0.0139. The number of carbonyl (C=O) groups excluding carboxylic acids is 1. The molecule has 17 heavy (non-hydrogen) atoms. The van der Waals surface area contributed by atoms with E-state index in [1.807, 2.05) is 0 Å². The van der Waals surface area contributed by atoms with Gasteiger partial charge in [0.15, 0.2) is 0 Å². The molecule has 0 aliphatic heterocycles. The van der Waals surface area contributed by atoms with Gasteiger partial charge in [-0.2, -0.15) is 0 Å². The maximum absolute atomic E-state index is 12.0. The fourth-order valence-electron chi connectivity index (χ4n) is 2.49. The molecule has 0 spiro atoms. The van der Waals surface area contributed by atoms with Gasteiger partial charge in [0.25, 0.3) is 5.91 Å². The highest BCUT2D eigenvalue weighted by Crippen LogP contribution is 2.60. The third kappa shape index (κ3) is 2.37. The monoisotopic (exact) mass is 294 g/mol. The Balaban J connectivity index is 1.60. The molecular formula is C13H15BrN2O. The molecule has 3 nitrogen and oxygen atoms in total. The molecule has 0 saturated heterocycles. The number of pyridine rings is 1. The summed E-state index contributed by atoms with van der Waals surface area (Å²) in [7, 11) is 0. The number of nitrogens with one attached hydrogen (secondary N) is 1. The summed E-state index contributed by atoms with van der Waals surface area (Å²) in [5, 5.41) is 3.06. The molecule has 1 amide bonds. The molecule has 0 unspecified atom stereocenters. The molecule has 2 aliphatic carbocycles. The Morgan fingerprint density at radius 1 is 1.53 bits per heavy atom. The maximum atomic E-state index is 12.0. The lowest BCUT2D eigenvalue weighted by molar-refractivity contribution is 0.0942. The maximum Gasteiger partial charge on any atom is 0.251 e. The van der Waals surface area contributed by atoms with Crippen LogP contribution >= 0.6 is 15.9 Å². The molecule has 2 aliphatic rings. The first-order valence-corrected chi connectivity index (χ1v) is 6.89. The minimum atomic E-state index is 0.0139. The Morgan fingerprint density at radius 3 is 2.88 bits per heavy atom. The molecule has 1 heterocycles. The molecule has 4 heteroatoms. The Bertz CT molecular complexity index is 452. The highest BCUT2D eigenvalue weighted by molar-refractivity contribution is 9.10. The Morgan fingerprint density at radius 2 is 2.29 bits per heavy atom. The standard InChI is InChI=1S/C13H15BrN2O/c14-11-7-9(3-6-15-11)12(17)16-8-13(4-5-13)10-1-2-10/h3,6-7,10H,1-2,4-5,8H2,(H,16,17). The van der Waals surface area contributed by atoms with Crippen molar-refractivity contribution in [2.75, 3.05) is 6.54 Å². The van der Waals surface area contributed by atoms with Crippen molar-refractivity contribution >= 4 is 21.8 Å². The smallest absolute Gasteiger partial charge is 0.251 e. The van der Waals surface area contributed by atoms with Gasteiger partial charge in [-0.15, -0.1) is 0 Å². The van der Waals surface area contributed by atoms with Crippen LogP contribution in [0.2, 0.25) is 0 Å². The summed E-state index contributed by atoms with van der Waals surface area (Å²) < 4.78 is 0.702. The number of amides is 1. The van der Waals surface area contributed by atoms with Gasteiger partial charge < -0.3 is 5.32 Å². The lowest BCUT2D eigenvalue weighted by Crippen LogP contribution is -2.31. The average Bonchev–Trinajstić information content (AvgIpc) is 3.15. The van der Waals surface area contributed by atoms with Gasteiger partial charge in [-0.1, -0.05) is 0 Å². The minimum Gasteiger partial charge on any atom is -0.351 e. The van der Waals surface area contributed by atoms with E-state index >= 15 is 0 Å². The highest BCUT2D eigenvalue weighted by atomic mass is 79.9. The zero-order valence-electron chi connectivity index (χ0n) is 9.58. The number of carbonyl (C=O) groups is 1. The van der Waals surface area contributed by atoms with E-state index in [2.05, 4.69) is 26.2 Å². The second-order valence-electron chi connectivity index (χ2n) is 5.19. The van der Waals surface area contributed by atoms with Gasteiger partial charge in [0.1, 0.15) is 4.60 Å². The van der Waals surface area contributed by atoms with Gasteiger partial charge in [0.05, 0.1) is 0 Å². The van der Waals surface area contributed by atoms with Crippen LogP contribution in [0.3, 0.4) is 0 Å². The molecular weight excluding hydrogens is 280 g/mol. The first kappa shape index (κ1) is 11.2. The number of aromatic nitrogens is 1. The molecule has 1 N–H and O–H groups in total. The first-order chi connectivity index (χ1) is 8.20. The number of halogens is 1. The molecule has 90 valence electrons. The van der Waals surface area contributed by atoms with E-state index < -0.39 is 0 Å². The predicted molar refractivity (Wildman–Crippen MR) is 68.7 cm³/mol. The molecule has 2 fully saturated rings. The van der Waals surface area contributed by atoms with Gasteiger partial charge in [0, 0.05) is 18.3 Å². The molecule has 0 aromatic carbocycles. The third-order valence-electron chi connectivity index (χ3n) is 3.93. The largest absolute Gasteiger partial charge is 0.351 e. The number of hydrogen-bond donors (Lipinski definition) is 1. The summed E-state index contributed by atoms with van der Waals surface area (Å²) >= 11 is 3.28. The third-order valence-corrected chi connectivity index (χ3v) is 4.36. The average molecular weight is 295 g/mol. The molecule has 0 radical (unpaired) electrons. The number of rotatable bonds is 4. The van der Waals surface area contributed by atoms with Gasteiger partial charge in [0.2, 0.25) is 0 Å². The van der Waals surface area contributed by atoms with Crippen molar-refractivity contribution in [2.45, 2.75) is 25.7 Å². The molecule has 1 aromatic rings. The van der Waals surface area contributed by atoms with Crippen LogP contribution in [0.1, 0.15) is 36.0 Å². The molecule has 0 bridgehead atoms. The van der Waals surface area contributed by atoms with E-state index in [1.54, 1.807) is 18.3 Å². The second kappa shape index (κ2) is 4.09. The molecule has 2 saturated carbocycles. The van der Waals surface area contributed by atoms with Crippen LogP contribution in [0, 0.1) is 11.3 Å². The normalized spacial score (nSPS) is 21.0. The summed E-state index contributed by atoms with van der Waals surface area (Å²) in [4.78, 5) is 16.0. The summed E-state index contributed by atoms with van der Waals surface area (Å²) in [5.41, 5.74) is 1.14. The van der Waals surface area contributed by atoms with Gasteiger partial charge in [-0.3, -0.25) is 4.79 Å². The Kier molecular flexibility index (Phi) is 2.69. The van der Waals surface area contributed by atoms with E-state index in [1.165, 1.54) is 25.7 Å². The summed E-state index contributed by atoms with van der Waals surface area (Å²) in [6, 6.07) is 3.50. The number of hydrogen-bond acceptors (Lipinski definition) is 2.